The van der Waals surface area contributed by atoms with E-state index in [1.807, 2.05) is 59.1 Å². The number of hydrogen-bond acceptors (Lipinski definition) is 7. The average molecular weight is 498 g/mol. The molecule has 0 aliphatic rings. The van der Waals surface area contributed by atoms with E-state index in [2.05, 4.69) is 19.8 Å². The summed E-state index contributed by atoms with van der Waals surface area (Å²) in [6.45, 7) is 11.5. The predicted octanol–water partition coefficient (Wildman–Crippen LogP) is 2.69. The second-order valence-electron chi connectivity index (χ2n) is 10.9. The maximum atomic E-state index is 12.6. The lowest BCUT2D eigenvalue weighted by Gasteiger charge is -2.23. The number of nitrogens with one attached hydrogen (secondary N) is 2. The van der Waals surface area contributed by atoms with Crippen LogP contribution in [0.3, 0.4) is 0 Å². The molecule has 0 saturated heterocycles. The first-order chi connectivity index (χ1) is 16.9. The third-order valence-corrected chi connectivity index (χ3v) is 5.84. The van der Waals surface area contributed by atoms with E-state index in [1.165, 1.54) is 0 Å². The molecule has 196 valence electrons. The van der Waals surface area contributed by atoms with Gasteiger partial charge in [0.25, 0.3) is 5.56 Å². The number of benzene rings is 1. The molecular formula is C27H39N5O4. The van der Waals surface area contributed by atoms with Crippen molar-refractivity contribution in [2.75, 3.05) is 27.2 Å². The van der Waals surface area contributed by atoms with Crippen LogP contribution in [0.1, 0.15) is 38.8 Å². The number of ether oxygens (including phenoxy) is 1. The van der Waals surface area contributed by atoms with Crippen molar-refractivity contribution in [2.24, 2.45) is 5.41 Å². The van der Waals surface area contributed by atoms with E-state index < -0.39 is 18.1 Å². The fraction of sp³-hybridized carbons (Fsp3) is 0.519. The van der Waals surface area contributed by atoms with Crippen molar-refractivity contribution in [2.45, 2.75) is 59.9 Å². The van der Waals surface area contributed by atoms with Gasteiger partial charge in [-0.1, -0.05) is 26.8 Å². The monoisotopic (exact) mass is 497 g/mol. The minimum absolute atomic E-state index is 0.114. The molecule has 2 atom stereocenters. The number of likely N-dealkylation sites (N-methyl/N-ethyl adjacent to an activating group) is 1. The molecule has 9 nitrogen and oxygen atoms in total. The van der Waals surface area contributed by atoms with Crippen LogP contribution < -0.4 is 10.9 Å². The first kappa shape index (κ1) is 27.6. The Morgan fingerprint density at radius 2 is 2.00 bits per heavy atom. The second-order valence-corrected chi connectivity index (χ2v) is 10.9. The Bertz CT molecular complexity index is 1250. The van der Waals surface area contributed by atoms with E-state index in [0.717, 1.165) is 41.1 Å². The molecule has 3 N–H and O–H groups in total. The van der Waals surface area contributed by atoms with Crippen molar-refractivity contribution in [1.29, 1.82) is 0 Å². The number of H-pyrrole nitrogens is 1. The van der Waals surface area contributed by atoms with Crippen LogP contribution in [0.15, 0.2) is 35.3 Å². The predicted molar refractivity (Wildman–Crippen MR) is 142 cm³/mol. The fourth-order valence-electron chi connectivity index (χ4n) is 3.81. The zero-order chi connectivity index (χ0) is 26.6. The van der Waals surface area contributed by atoms with E-state index in [1.54, 1.807) is 20.0 Å². The van der Waals surface area contributed by atoms with E-state index in [-0.39, 0.29) is 17.6 Å². The van der Waals surface area contributed by atoms with Crippen molar-refractivity contribution in [1.82, 2.24) is 24.8 Å². The second kappa shape index (κ2) is 11.4. The van der Waals surface area contributed by atoms with Crippen LogP contribution in [0.25, 0.3) is 22.4 Å². The number of nitrogens with zero attached hydrogens (tertiary/aromatic N) is 3. The molecule has 0 spiro atoms. The van der Waals surface area contributed by atoms with Crippen LogP contribution in [0.4, 0.5) is 0 Å². The zero-order valence-electron chi connectivity index (χ0n) is 22.4. The number of hydrogen-bond donors (Lipinski definition) is 3. The van der Waals surface area contributed by atoms with Gasteiger partial charge >= 0.3 is 5.97 Å². The van der Waals surface area contributed by atoms with E-state index in [0.29, 0.717) is 12.1 Å². The van der Waals surface area contributed by atoms with Crippen molar-refractivity contribution in [3.8, 4) is 11.4 Å². The van der Waals surface area contributed by atoms with Gasteiger partial charge in [0.15, 0.2) is 0 Å². The van der Waals surface area contributed by atoms with Gasteiger partial charge in [-0.25, -0.2) is 4.98 Å². The van der Waals surface area contributed by atoms with Gasteiger partial charge in [0, 0.05) is 37.0 Å². The molecule has 3 aromatic rings. The maximum absolute atomic E-state index is 12.6. The Hall–Kier alpha value is -3.01. The lowest BCUT2D eigenvalue weighted by molar-refractivity contribution is -0.151. The Balaban J connectivity index is 1.87. The van der Waals surface area contributed by atoms with Crippen molar-refractivity contribution in [3.05, 3.63) is 51.9 Å². The van der Waals surface area contributed by atoms with Crippen LogP contribution in [0, 0.1) is 12.3 Å². The molecule has 0 unspecified atom stereocenters. The highest BCUT2D eigenvalue weighted by atomic mass is 16.5. The normalized spacial score (nSPS) is 13.8. The molecule has 3 rings (SSSR count). The summed E-state index contributed by atoms with van der Waals surface area (Å²) in [6, 6.07) is 7.01. The van der Waals surface area contributed by atoms with Gasteiger partial charge in [0.1, 0.15) is 11.9 Å². The van der Waals surface area contributed by atoms with Crippen LogP contribution >= 0.6 is 0 Å². The highest BCUT2D eigenvalue weighted by Gasteiger charge is 2.26. The molecule has 0 radical (unpaired) electrons. The summed E-state index contributed by atoms with van der Waals surface area (Å²) in [6.07, 6.45) is 0.795. The van der Waals surface area contributed by atoms with Gasteiger partial charge in [-0.05, 0) is 57.1 Å². The molecule has 0 fully saturated rings. The minimum atomic E-state index is -0.901. The first-order valence-corrected chi connectivity index (χ1v) is 12.3. The van der Waals surface area contributed by atoms with E-state index >= 15 is 0 Å². The standard InChI is InChI=1S/C27H39N5O4/c1-17-12-20(15-29-25(17)34)24-30-21-13-19(8-9-22(21)32(24)11-10-31(6)7)14-28-23(18(2)33)26(35)36-16-27(3,4)5/h8-9,12-13,15,18,23,28,33H,10-11,14,16H2,1-7H3,(H,29,34)/t18-,23+/m1/s1. The summed E-state index contributed by atoms with van der Waals surface area (Å²) >= 11 is 0. The minimum Gasteiger partial charge on any atom is -0.464 e. The highest BCUT2D eigenvalue weighted by molar-refractivity contribution is 5.81. The van der Waals surface area contributed by atoms with Gasteiger partial charge in [0.05, 0.1) is 23.7 Å². The largest absolute Gasteiger partial charge is 0.464 e. The van der Waals surface area contributed by atoms with E-state index in [9.17, 15) is 14.7 Å². The number of esters is 1. The number of aryl methyl sites for hydroxylation is 1. The van der Waals surface area contributed by atoms with Gasteiger partial charge in [-0.3, -0.25) is 14.9 Å². The third kappa shape index (κ3) is 7.02. The third-order valence-electron chi connectivity index (χ3n) is 5.84. The number of aliphatic hydroxyl groups is 1. The number of aliphatic hydroxyl groups excluding tert-OH is 1. The number of pyridine rings is 1. The Kier molecular flexibility index (Phi) is 8.71. The summed E-state index contributed by atoms with van der Waals surface area (Å²) in [5, 5.41) is 13.3. The van der Waals surface area contributed by atoms with Crippen molar-refractivity contribution >= 4 is 17.0 Å². The molecule has 9 heteroatoms. The quantitative estimate of drug-likeness (QED) is 0.369. The molecule has 0 aliphatic heterocycles. The first-order valence-electron chi connectivity index (χ1n) is 12.3. The smallest absolute Gasteiger partial charge is 0.325 e. The van der Waals surface area contributed by atoms with Crippen LogP contribution in [0.5, 0.6) is 0 Å². The summed E-state index contributed by atoms with van der Waals surface area (Å²) in [4.78, 5) is 34.2. The number of rotatable bonds is 10. The molecule has 0 bridgehead atoms. The number of carbonyl (C=O) groups excluding carboxylic acids is 1. The Morgan fingerprint density at radius 3 is 2.61 bits per heavy atom. The van der Waals surface area contributed by atoms with Crippen LogP contribution in [-0.4, -0.2) is 69.9 Å². The molecule has 0 aliphatic carbocycles. The molecular weight excluding hydrogens is 458 g/mol. The SMILES string of the molecule is Cc1cc(-c2nc3cc(CN[C@H](C(=O)OCC(C)(C)C)[C@@H](C)O)ccc3n2CCN(C)C)c[nH]c1=O. The summed E-state index contributed by atoms with van der Waals surface area (Å²) in [5.41, 5.74) is 3.93. The lowest BCUT2D eigenvalue weighted by Crippen LogP contribution is -2.46. The van der Waals surface area contributed by atoms with E-state index in [4.69, 9.17) is 9.72 Å². The maximum Gasteiger partial charge on any atom is 0.325 e. The molecule has 0 saturated carbocycles. The molecule has 2 heterocycles. The molecule has 1 aromatic carbocycles. The fourth-order valence-corrected chi connectivity index (χ4v) is 3.81. The van der Waals surface area contributed by atoms with Gasteiger partial charge in [0.2, 0.25) is 0 Å². The summed E-state index contributed by atoms with van der Waals surface area (Å²) in [7, 11) is 4.05. The average Bonchev–Trinajstić information content (AvgIpc) is 3.15. The number of imidazole rings is 1. The molecule has 2 aromatic heterocycles. The molecule has 0 amide bonds. The van der Waals surface area contributed by atoms with Crippen molar-refractivity contribution in [3.63, 3.8) is 0 Å². The summed E-state index contributed by atoms with van der Waals surface area (Å²) < 4.78 is 7.57. The van der Waals surface area contributed by atoms with Gasteiger partial charge in [-0.2, -0.15) is 0 Å². The lowest BCUT2D eigenvalue weighted by atomic mass is 9.98. The topological polar surface area (TPSA) is 112 Å². The number of aromatic nitrogens is 3. The number of aromatic amines is 1. The Morgan fingerprint density at radius 1 is 1.28 bits per heavy atom. The van der Waals surface area contributed by atoms with Gasteiger partial charge < -0.3 is 24.3 Å². The number of fused-ring (bicyclic) bond motifs is 1. The van der Waals surface area contributed by atoms with Gasteiger partial charge in [-0.15, -0.1) is 0 Å². The highest BCUT2D eigenvalue weighted by Crippen LogP contribution is 2.25. The van der Waals surface area contributed by atoms with Crippen LogP contribution in [0.2, 0.25) is 0 Å². The van der Waals surface area contributed by atoms with Crippen LogP contribution in [-0.2, 0) is 22.6 Å². The van der Waals surface area contributed by atoms with Crippen molar-refractivity contribution < 1.29 is 14.6 Å². The number of carbonyl (C=O) groups is 1. The summed E-state index contributed by atoms with van der Waals surface area (Å²) in [5.74, 6) is 0.314. The molecule has 36 heavy (non-hydrogen) atoms. The Labute approximate surface area is 212 Å². The zero-order valence-corrected chi connectivity index (χ0v) is 22.4.